The minimum Gasteiger partial charge on any atom is -0.296 e. The third kappa shape index (κ3) is 3.34. The summed E-state index contributed by atoms with van der Waals surface area (Å²) >= 11 is 0. The van der Waals surface area contributed by atoms with Crippen molar-refractivity contribution in [2.24, 2.45) is 0 Å². The van der Waals surface area contributed by atoms with Crippen molar-refractivity contribution < 1.29 is 9.18 Å². The van der Waals surface area contributed by atoms with Gasteiger partial charge in [-0.1, -0.05) is 50.2 Å². The van der Waals surface area contributed by atoms with Crippen LogP contribution in [0.1, 0.15) is 56.6 Å². The molecule has 1 spiro atoms. The number of anilines is 1. The number of halogens is 1. The summed E-state index contributed by atoms with van der Waals surface area (Å²) in [4.78, 5) is 22.8. The average Bonchev–Trinajstić information content (AvgIpc) is 3.30. The maximum atomic E-state index is 14.1. The number of imidazole rings is 1. The molecule has 0 saturated carbocycles. The fourth-order valence-corrected chi connectivity index (χ4v) is 5.24. The van der Waals surface area contributed by atoms with Gasteiger partial charge in [-0.3, -0.25) is 14.4 Å². The number of hydrogen-bond acceptors (Lipinski definition) is 3. The first kappa shape index (κ1) is 20.9. The smallest absolute Gasteiger partial charge is 0.296 e. The molecule has 3 heterocycles. The summed E-state index contributed by atoms with van der Waals surface area (Å²) in [6.07, 6.45) is 3.36. The van der Waals surface area contributed by atoms with E-state index in [2.05, 4.69) is 49.9 Å². The van der Waals surface area contributed by atoms with E-state index in [9.17, 15) is 9.18 Å². The second kappa shape index (κ2) is 7.85. The zero-order chi connectivity index (χ0) is 22.5. The van der Waals surface area contributed by atoms with E-state index in [1.54, 1.807) is 15.5 Å². The number of carbonyl (C=O) groups excluding carboxylic acids is 1. The van der Waals surface area contributed by atoms with E-state index >= 15 is 0 Å². The van der Waals surface area contributed by atoms with E-state index in [4.69, 9.17) is 4.98 Å². The monoisotopic (exact) mass is 432 g/mol. The molecule has 0 radical (unpaired) electrons. The highest BCUT2D eigenvalue weighted by atomic mass is 19.1. The average molecular weight is 433 g/mol. The van der Waals surface area contributed by atoms with Crippen LogP contribution >= 0.6 is 0 Å². The van der Waals surface area contributed by atoms with Crippen LogP contribution in [0.3, 0.4) is 0 Å². The lowest BCUT2D eigenvalue weighted by Gasteiger charge is -2.47. The van der Waals surface area contributed by atoms with Gasteiger partial charge in [-0.15, -0.1) is 0 Å². The highest BCUT2D eigenvalue weighted by molar-refractivity contribution is 5.98. The second-order valence-corrected chi connectivity index (χ2v) is 9.40. The highest BCUT2D eigenvalue weighted by Crippen LogP contribution is 2.48. The van der Waals surface area contributed by atoms with Crippen molar-refractivity contribution in [3.8, 4) is 0 Å². The Labute approximate surface area is 188 Å². The molecule has 0 unspecified atom stereocenters. The van der Waals surface area contributed by atoms with E-state index in [0.717, 1.165) is 37.4 Å². The number of rotatable bonds is 4. The number of likely N-dealkylation sites (tertiary alicyclic amines) is 1. The van der Waals surface area contributed by atoms with Gasteiger partial charge in [-0.25, -0.2) is 14.2 Å². The quantitative estimate of drug-likeness (QED) is 0.546. The fraction of sp³-hybridized carbons (Fsp3) is 0.385. The third-order valence-electron chi connectivity index (χ3n) is 6.92. The van der Waals surface area contributed by atoms with Crippen LogP contribution in [0, 0.1) is 5.82 Å². The Bertz CT molecular complexity index is 1140. The van der Waals surface area contributed by atoms with E-state index in [1.165, 1.54) is 17.7 Å². The first-order chi connectivity index (χ1) is 15.4. The summed E-state index contributed by atoms with van der Waals surface area (Å²) < 4.78 is 15.8. The molecule has 32 heavy (non-hydrogen) atoms. The van der Waals surface area contributed by atoms with E-state index in [0.29, 0.717) is 5.69 Å². The Hall–Kier alpha value is -2.99. The van der Waals surface area contributed by atoms with Gasteiger partial charge < -0.3 is 0 Å². The van der Waals surface area contributed by atoms with E-state index < -0.39 is 5.54 Å². The van der Waals surface area contributed by atoms with Gasteiger partial charge in [-0.2, -0.15) is 0 Å². The van der Waals surface area contributed by atoms with Crippen molar-refractivity contribution in [3.63, 3.8) is 0 Å². The summed E-state index contributed by atoms with van der Waals surface area (Å²) in [5.74, 6) is 0.685. The standard InChI is InChI=1S/C26H29FN4O/c1-18(2)23-17-30-24(28-23)26(31(25(30)32)22-11-7-10-21(27)14-22)12-13-29(19(3)15-26)16-20-8-5-4-6-9-20/h4-11,14,17-19H,12-13,15-16H2,1-3H3/t19-,26-/m0/s1. The molecule has 0 N–H and O–H groups in total. The van der Waals surface area contributed by atoms with Crippen molar-refractivity contribution in [1.29, 1.82) is 0 Å². The van der Waals surface area contributed by atoms with Crippen molar-refractivity contribution in [1.82, 2.24) is 14.5 Å². The lowest BCUT2D eigenvalue weighted by molar-refractivity contribution is 0.0967. The molecule has 1 amide bonds. The zero-order valence-electron chi connectivity index (χ0n) is 18.8. The minimum absolute atomic E-state index is 0.145. The number of nitrogens with zero attached hydrogens (tertiary/aromatic N) is 4. The summed E-state index contributed by atoms with van der Waals surface area (Å²) in [5, 5.41) is 0. The Morgan fingerprint density at radius 2 is 1.94 bits per heavy atom. The summed E-state index contributed by atoms with van der Waals surface area (Å²) in [6.45, 7) is 8.10. The van der Waals surface area contributed by atoms with Crippen molar-refractivity contribution in [3.05, 3.63) is 83.7 Å². The normalized spacial score (nSPS) is 23.3. The zero-order valence-corrected chi connectivity index (χ0v) is 18.8. The van der Waals surface area contributed by atoms with Crippen LogP contribution in [0.2, 0.25) is 0 Å². The van der Waals surface area contributed by atoms with Crippen LogP contribution in [-0.4, -0.2) is 33.1 Å². The molecular formula is C26H29FN4O. The lowest BCUT2D eigenvalue weighted by atomic mass is 9.81. The number of hydrogen-bond donors (Lipinski definition) is 0. The molecule has 0 aliphatic carbocycles. The molecule has 5 nitrogen and oxygen atoms in total. The van der Waals surface area contributed by atoms with Crippen molar-refractivity contribution in [2.75, 3.05) is 11.4 Å². The van der Waals surface area contributed by atoms with Crippen LogP contribution in [0.15, 0.2) is 60.8 Å². The molecule has 0 bridgehead atoms. The Morgan fingerprint density at radius 1 is 1.16 bits per heavy atom. The van der Waals surface area contributed by atoms with Crippen LogP contribution in [0.25, 0.3) is 0 Å². The Kier molecular flexibility index (Phi) is 5.13. The molecule has 1 aromatic heterocycles. The first-order valence-corrected chi connectivity index (χ1v) is 11.4. The molecule has 166 valence electrons. The molecule has 1 fully saturated rings. The van der Waals surface area contributed by atoms with Gasteiger partial charge in [0, 0.05) is 31.0 Å². The van der Waals surface area contributed by atoms with Gasteiger partial charge in [-0.05, 0) is 49.4 Å². The molecule has 2 aliphatic rings. The summed E-state index contributed by atoms with van der Waals surface area (Å²) in [6, 6.07) is 16.9. The number of benzene rings is 2. The van der Waals surface area contributed by atoms with Gasteiger partial charge >= 0.3 is 6.03 Å². The van der Waals surface area contributed by atoms with Gasteiger partial charge in [0.2, 0.25) is 0 Å². The maximum Gasteiger partial charge on any atom is 0.335 e. The number of aromatic nitrogens is 2. The maximum absolute atomic E-state index is 14.1. The largest absolute Gasteiger partial charge is 0.335 e. The third-order valence-corrected chi connectivity index (χ3v) is 6.92. The Balaban J connectivity index is 1.54. The van der Waals surface area contributed by atoms with Crippen LogP contribution in [-0.2, 0) is 12.1 Å². The second-order valence-electron chi connectivity index (χ2n) is 9.40. The molecule has 1 saturated heterocycles. The summed E-state index contributed by atoms with van der Waals surface area (Å²) in [7, 11) is 0. The SMILES string of the molecule is CC(C)c1cn2c(n1)[C@@]1(CCN(Cc3ccccc3)[C@@H](C)C1)N(c1cccc(F)c1)C2=O. The number of fused-ring (bicyclic) bond motifs is 2. The number of piperidine rings is 1. The molecule has 3 aromatic rings. The summed E-state index contributed by atoms with van der Waals surface area (Å²) in [5.41, 5.74) is 2.22. The van der Waals surface area contributed by atoms with Crippen LogP contribution < -0.4 is 4.90 Å². The molecular weight excluding hydrogens is 403 g/mol. The van der Waals surface area contributed by atoms with E-state index in [1.807, 2.05) is 18.3 Å². The van der Waals surface area contributed by atoms with Gasteiger partial charge in [0.15, 0.2) is 0 Å². The van der Waals surface area contributed by atoms with Gasteiger partial charge in [0.25, 0.3) is 0 Å². The van der Waals surface area contributed by atoms with Gasteiger partial charge in [0.05, 0.1) is 5.69 Å². The van der Waals surface area contributed by atoms with Crippen molar-refractivity contribution >= 4 is 11.7 Å². The van der Waals surface area contributed by atoms with Crippen LogP contribution in [0.5, 0.6) is 0 Å². The topological polar surface area (TPSA) is 41.4 Å². The Morgan fingerprint density at radius 3 is 2.62 bits per heavy atom. The molecule has 2 atom stereocenters. The van der Waals surface area contributed by atoms with E-state index in [-0.39, 0.29) is 23.8 Å². The molecule has 6 heteroatoms. The first-order valence-electron chi connectivity index (χ1n) is 11.4. The van der Waals surface area contributed by atoms with Crippen molar-refractivity contribution in [2.45, 2.75) is 57.7 Å². The highest BCUT2D eigenvalue weighted by Gasteiger charge is 2.55. The van der Waals surface area contributed by atoms with Crippen LogP contribution in [0.4, 0.5) is 14.9 Å². The minimum atomic E-state index is -0.579. The fourth-order valence-electron chi connectivity index (χ4n) is 5.24. The predicted octanol–water partition coefficient (Wildman–Crippen LogP) is 5.51. The van der Waals surface area contributed by atoms with Gasteiger partial charge in [0.1, 0.15) is 17.2 Å². The molecule has 2 aliphatic heterocycles. The molecule has 5 rings (SSSR count). The molecule has 2 aromatic carbocycles. The lowest BCUT2D eigenvalue weighted by Crippen LogP contribution is -2.55. The predicted molar refractivity (Wildman–Crippen MR) is 123 cm³/mol. The number of carbonyl (C=O) groups is 1. The number of amides is 1.